The van der Waals surface area contributed by atoms with Crippen molar-refractivity contribution in [2.24, 2.45) is 11.0 Å². The van der Waals surface area contributed by atoms with E-state index in [1.165, 1.54) is 28.4 Å². The van der Waals surface area contributed by atoms with Crippen molar-refractivity contribution < 1.29 is 23.5 Å². The number of benzene rings is 1. The van der Waals surface area contributed by atoms with Crippen LogP contribution in [0, 0.1) is 11.7 Å². The van der Waals surface area contributed by atoms with Crippen molar-refractivity contribution in [2.75, 3.05) is 51.3 Å². The summed E-state index contributed by atoms with van der Waals surface area (Å²) in [5.74, 6) is -1.91. The summed E-state index contributed by atoms with van der Waals surface area (Å²) < 4.78 is 20.8. The highest BCUT2D eigenvalue weighted by atomic mass is 32.1. The van der Waals surface area contributed by atoms with E-state index >= 15 is 4.39 Å². The molecule has 0 unspecified atom stereocenters. The van der Waals surface area contributed by atoms with Crippen molar-refractivity contribution in [3.63, 3.8) is 0 Å². The SMILES string of the molecule is CC(C)C[C@H](NC(=O)c1ccc(-c2csc(N3CCN(C)CC3)n2)c(F)c1)C(=O)N1C[C@@H](N=[N+]=[N-])[C@H]2OCC(=O)[C@H]21. The lowest BCUT2D eigenvalue weighted by atomic mass is 10.0. The average Bonchev–Trinajstić information content (AvgIpc) is 3.66. The Morgan fingerprint density at radius 1 is 1.29 bits per heavy atom. The molecule has 2 amide bonds. The number of likely N-dealkylation sites (tertiary alicyclic amines) is 1. The van der Waals surface area contributed by atoms with Gasteiger partial charge in [0.05, 0.1) is 17.8 Å². The molecule has 3 saturated heterocycles. The van der Waals surface area contributed by atoms with Gasteiger partial charge in [-0.3, -0.25) is 14.4 Å². The molecule has 3 aliphatic rings. The van der Waals surface area contributed by atoms with Crippen LogP contribution in [0.5, 0.6) is 0 Å². The molecular formula is C27H33FN8O4S. The number of fused-ring (bicyclic) bond motifs is 1. The number of nitrogens with one attached hydrogen (secondary N) is 1. The standard InChI is InChI=1S/C27H33FN8O4S/c1-15(2)10-19(26(39)36-12-20(32-33-29)24-23(36)22(37)13-40-24)30-25(38)16-4-5-17(18(28)11-16)21-14-41-27(31-21)35-8-6-34(3)7-9-35/h4-5,11,14-15,19-20,23-24H,6-10,12-13H2,1-3H3,(H,30,38)/t19-,20+,23+,24+/m0/s1. The first-order valence-electron chi connectivity index (χ1n) is 13.6. The number of piperazine rings is 1. The van der Waals surface area contributed by atoms with Crippen LogP contribution in [0.1, 0.15) is 30.6 Å². The topological polar surface area (TPSA) is 144 Å². The van der Waals surface area contributed by atoms with E-state index in [9.17, 15) is 14.4 Å². The van der Waals surface area contributed by atoms with Crippen LogP contribution in [-0.2, 0) is 14.3 Å². The minimum atomic E-state index is -0.964. The molecule has 1 aromatic heterocycles. The highest BCUT2D eigenvalue weighted by molar-refractivity contribution is 7.14. The molecule has 4 heterocycles. The number of azide groups is 1. The third kappa shape index (κ3) is 6.05. The van der Waals surface area contributed by atoms with Gasteiger partial charge in [0.2, 0.25) is 5.91 Å². The quantitative estimate of drug-likeness (QED) is 0.285. The van der Waals surface area contributed by atoms with Gasteiger partial charge in [-0.05, 0) is 43.1 Å². The third-order valence-electron chi connectivity index (χ3n) is 7.72. The first kappa shape index (κ1) is 28.9. The third-order valence-corrected chi connectivity index (χ3v) is 8.63. The van der Waals surface area contributed by atoms with Crippen molar-refractivity contribution in [3.05, 3.63) is 45.4 Å². The van der Waals surface area contributed by atoms with Crippen LogP contribution in [0.15, 0.2) is 28.7 Å². The van der Waals surface area contributed by atoms with Gasteiger partial charge in [-0.25, -0.2) is 9.37 Å². The normalized spacial score (nSPS) is 23.4. The van der Waals surface area contributed by atoms with Crippen LogP contribution in [0.25, 0.3) is 21.7 Å². The van der Waals surface area contributed by atoms with Gasteiger partial charge in [-0.2, -0.15) is 0 Å². The van der Waals surface area contributed by atoms with Gasteiger partial charge < -0.3 is 24.8 Å². The molecule has 3 fully saturated rings. The Morgan fingerprint density at radius 3 is 2.73 bits per heavy atom. The molecule has 4 atom stereocenters. The number of thiazole rings is 1. The number of Topliss-reactive ketones (excluding diaryl/α,β-unsaturated/α-hetero) is 1. The number of ether oxygens (including phenoxy) is 1. The van der Waals surface area contributed by atoms with Gasteiger partial charge in [0.1, 0.15) is 24.5 Å². The van der Waals surface area contributed by atoms with Gasteiger partial charge in [-0.15, -0.1) is 11.3 Å². The molecule has 0 saturated carbocycles. The molecule has 41 heavy (non-hydrogen) atoms. The second-order valence-electron chi connectivity index (χ2n) is 11.1. The molecule has 1 N–H and O–H groups in total. The molecule has 0 bridgehead atoms. The van der Waals surface area contributed by atoms with E-state index < -0.39 is 41.9 Å². The van der Waals surface area contributed by atoms with E-state index in [4.69, 9.17) is 10.3 Å². The van der Waals surface area contributed by atoms with Crippen LogP contribution in [-0.4, -0.2) is 103 Å². The smallest absolute Gasteiger partial charge is 0.252 e. The number of carbonyl (C=O) groups is 3. The Balaban J connectivity index is 1.30. The largest absolute Gasteiger partial charge is 0.367 e. The zero-order chi connectivity index (χ0) is 29.3. The summed E-state index contributed by atoms with van der Waals surface area (Å²) >= 11 is 1.46. The Morgan fingerprint density at radius 2 is 2.05 bits per heavy atom. The summed E-state index contributed by atoms with van der Waals surface area (Å²) in [6.45, 7) is 7.24. The average molecular weight is 585 g/mol. The second-order valence-corrected chi connectivity index (χ2v) is 11.9. The van der Waals surface area contributed by atoms with Crippen molar-refractivity contribution in [3.8, 4) is 11.3 Å². The first-order chi connectivity index (χ1) is 19.7. The van der Waals surface area contributed by atoms with Crippen LogP contribution in [0.4, 0.5) is 9.52 Å². The number of ketones is 1. The lowest BCUT2D eigenvalue weighted by Gasteiger charge is -2.32. The van der Waals surface area contributed by atoms with Gasteiger partial charge in [-0.1, -0.05) is 19.0 Å². The Kier molecular flexibility index (Phi) is 8.55. The minimum Gasteiger partial charge on any atom is -0.367 e. The number of aromatic nitrogens is 1. The number of hydrogen-bond acceptors (Lipinski definition) is 9. The number of amides is 2. The predicted octanol–water partition coefficient (Wildman–Crippen LogP) is 2.70. The number of rotatable bonds is 8. The summed E-state index contributed by atoms with van der Waals surface area (Å²) in [6.07, 6.45) is -0.407. The summed E-state index contributed by atoms with van der Waals surface area (Å²) in [5.41, 5.74) is 9.77. The van der Waals surface area contributed by atoms with Crippen molar-refractivity contribution in [1.82, 2.24) is 20.1 Å². The Labute approximate surface area is 241 Å². The number of likely N-dealkylation sites (N-methyl/N-ethyl adjacent to an activating group) is 1. The molecule has 12 nitrogen and oxygen atoms in total. The van der Waals surface area contributed by atoms with E-state index in [0.717, 1.165) is 37.4 Å². The zero-order valence-electron chi connectivity index (χ0n) is 23.2. The highest BCUT2D eigenvalue weighted by Gasteiger charge is 2.53. The summed E-state index contributed by atoms with van der Waals surface area (Å²) in [4.78, 5) is 52.6. The van der Waals surface area contributed by atoms with Crippen LogP contribution in [0.3, 0.4) is 0 Å². The maximum Gasteiger partial charge on any atom is 0.252 e. The van der Waals surface area contributed by atoms with Gasteiger partial charge in [0.25, 0.3) is 5.91 Å². The van der Waals surface area contributed by atoms with Gasteiger partial charge in [0, 0.05) is 54.1 Å². The van der Waals surface area contributed by atoms with E-state index in [-0.39, 0.29) is 30.4 Å². The molecular weight excluding hydrogens is 551 g/mol. The van der Waals surface area contributed by atoms with E-state index in [0.29, 0.717) is 17.7 Å². The lowest BCUT2D eigenvalue weighted by Crippen LogP contribution is -2.52. The Bertz CT molecular complexity index is 1370. The molecule has 218 valence electrons. The second kappa shape index (κ2) is 12.1. The summed E-state index contributed by atoms with van der Waals surface area (Å²) in [6, 6.07) is 1.66. The predicted molar refractivity (Wildman–Crippen MR) is 151 cm³/mol. The Hall–Kier alpha value is -3.58. The number of halogens is 1. The maximum absolute atomic E-state index is 15.3. The number of nitrogens with zero attached hydrogens (tertiary/aromatic N) is 7. The van der Waals surface area contributed by atoms with Gasteiger partial charge >= 0.3 is 0 Å². The molecule has 0 spiro atoms. The fraction of sp³-hybridized carbons (Fsp3) is 0.556. The number of hydrogen-bond donors (Lipinski definition) is 1. The van der Waals surface area contributed by atoms with Crippen LogP contribution in [0.2, 0.25) is 0 Å². The molecule has 0 radical (unpaired) electrons. The van der Waals surface area contributed by atoms with E-state index in [1.807, 2.05) is 19.2 Å². The molecule has 1 aromatic carbocycles. The first-order valence-corrected chi connectivity index (χ1v) is 14.5. The molecule has 5 rings (SSSR count). The molecule has 2 aromatic rings. The fourth-order valence-electron chi connectivity index (χ4n) is 5.56. The van der Waals surface area contributed by atoms with Crippen molar-refractivity contribution >= 4 is 34.1 Å². The summed E-state index contributed by atoms with van der Waals surface area (Å²) in [5, 5.41) is 9.10. The maximum atomic E-state index is 15.3. The monoisotopic (exact) mass is 584 g/mol. The van der Waals surface area contributed by atoms with E-state index in [2.05, 4.69) is 37.2 Å². The lowest BCUT2D eigenvalue weighted by molar-refractivity contribution is -0.138. The van der Waals surface area contributed by atoms with Crippen LogP contribution < -0.4 is 10.2 Å². The van der Waals surface area contributed by atoms with Crippen molar-refractivity contribution in [1.29, 1.82) is 0 Å². The molecule has 14 heteroatoms. The fourth-order valence-corrected chi connectivity index (χ4v) is 6.43. The number of anilines is 1. The zero-order valence-corrected chi connectivity index (χ0v) is 24.0. The minimum absolute atomic E-state index is 0.0154. The highest BCUT2D eigenvalue weighted by Crippen LogP contribution is 2.32. The van der Waals surface area contributed by atoms with E-state index in [1.54, 1.807) is 0 Å². The van der Waals surface area contributed by atoms with Gasteiger partial charge in [0.15, 0.2) is 10.9 Å². The van der Waals surface area contributed by atoms with Crippen molar-refractivity contribution in [2.45, 2.75) is 44.5 Å². The summed E-state index contributed by atoms with van der Waals surface area (Å²) in [7, 11) is 2.08. The number of carbonyl (C=O) groups excluding carboxylic acids is 3. The molecule has 3 aliphatic heterocycles. The van der Waals surface area contributed by atoms with Crippen LogP contribution >= 0.6 is 11.3 Å². The molecule has 0 aliphatic carbocycles.